The number of carbonyl (C=O) groups is 6. The Morgan fingerprint density at radius 1 is 0.741 bits per heavy atom. The van der Waals surface area contributed by atoms with Crippen LogP contribution in [0, 0.1) is 28.7 Å². The maximum atomic E-state index is 14.1. The van der Waals surface area contributed by atoms with Gasteiger partial charge in [-0.15, -0.1) is 0 Å². The van der Waals surface area contributed by atoms with Crippen molar-refractivity contribution in [2.75, 3.05) is 11.9 Å². The van der Waals surface area contributed by atoms with Crippen LogP contribution in [0.1, 0.15) is 44.1 Å². The third kappa shape index (κ3) is 11.0. The van der Waals surface area contributed by atoms with Crippen LogP contribution in [0.25, 0.3) is 0 Å². The Hall–Kier alpha value is -6.78. The van der Waals surface area contributed by atoms with Crippen LogP contribution in [0.15, 0.2) is 91.0 Å². The molecule has 4 N–H and O–H groups in total. The fourth-order valence-electron chi connectivity index (χ4n) is 5.85. The Labute approximate surface area is 328 Å². The Morgan fingerprint density at radius 2 is 1.34 bits per heavy atom. The lowest BCUT2D eigenvalue weighted by Crippen LogP contribution is -2.60. The van der Waals surface area contributed by atoms with E-state index in [0.717, 1.165) is 0 Å². The number of ketones is 1. The van der Waals surface area contributed by atoms with Gasteiger partial charge in [0.1, 0.15) is 42.2 Å². The summed E-state index contributed by atoms with van der Waals surface area (Å²) in [4.78, 5) is 78.8. The van der Waals surface area contributed by atoms with Crippen molar-refractivity contribution in [3.8, 4) is 17.2 Å². The van der Waals surface area contributed by atoms with Crippen LogP contribution in [0.3, 0.4) is 0 Å². The predicted molar refractivity (Wildman–Crippen MR) is 196 cm³/mol. The standard InChI is InChI=1S/C41H37F4N3O10/c42-28-20-29(43)36(45)37(35(28)44)57-23-32(49)31(21-33(50)51)48-40(55)41(17-8-18-41)39(54)47-30(15-16-34(52)56-22-24-9-3-1-4-10-24)38(53)46-25-11-7-14-27(19-25)58-26-12-5-2-6-13-26/h1-7,9-14,19-20,30-31H,8,15-18,21-23H2,(H,46,53)(H,47,54)(H,48,55)(H,50,51). The molecule has 1 fully saturated rings. The van der Waals surface area contributed by atoms with Crippen molar-refractivity contribution in [3.05, 3.63) is 120 Å². The second-order valence-corrected chi connectivity index (χ2v) is 13.3. The van der Waals surface area contributed by atoms with Crippen LogP contribution in [0.4, 0.5) is 23.2 Å². The number of nitrogens with one attached hydrogen (secondary N) is 3. The number of hydrogen-bond donors (Lipinski definition) is 4. The molecular formula is C41H37F4N3O10. The summed E-state index contributed by atoms with van der Waals surface area (Å²) < 4.78 is 71.4. The van der Waals surface area contributed by atoms with Gasteiger partial charge in [-0.05, 0) is 49.1 Å². The van der Waals surface area contributed by atoms with E-state index in [9.17, 15) is 51.4 Å². The summed E-state index contributed by atoms with van der Waals surface area (Å²) in [5.41, 5.74) is -0.946. The topological polar surface area (TPSA) is 186 Å². The lowest BCUT2D eigenvalue weighted by atomic mass is 9.67. The first-order valence-electron chi connectivity index (χ1n) is 17.9. The highest BCUT2D eigenvalue weighted by atomic mass is 19.2. The average molecular weight is 808 g/mol. The van der Waals surface area contributed by atoms with Crippen molar-refractivity contribution >= 4 is 41.1 Å². The summed E-state index contributed by atoms with van der Waals surface area (Å²) >= 11 is 0. The van der Waals surface area contributed by atoms with E-state index in [2.05, 4.69) is 20.7 Å². The summed E-state index contributed by atoms with van der Waals surface area (Å²) in [7, 11) is 0. The van der Waals surface area contributed by atoms with Crippen LogP contribution in [0.5, 0.6) is 17.2 Å². The van der Waals surface area contributed by atoms with E-state index in [-0.39, 0.29) is 44.0 Å². The highest BCUT2D eigenvalue weighted by Crippen LogP contribution is 2.42. The van der Waals surface area contributed by atoms with Gasteiger partial charge in [0, 0.05) is 24.2 Å². The molecule has 0 radical (unpaired) electrons. The number of benzene rings is 4. The molecule has 1 saturated carbocycles. The molecule has 304 valence electrons. The molecule has 1 aliphatic carbocycles. The zero-order valence-corrected chi connectivity index (χ0v) is 30.6. The lowest BCUT2D eigenvalue weighted by molar-refractivity contribution is -0.153. The molecule has 17 heteroatoms. The fourth-order valence-corrected chi connectivity index (χ4v) is 5.85. The van der Waals surface area contributed by atoms with E-state index in [4.69, 9.17) is 9.47 Å². The number of carbonyl (C=O) groups excluding carboxylic acids is 5. The van der Waals surface area contributed by atoms with Gasteiger partial charge in [0.05, 0.1) is 6.42 Å². The first-order chi connectivity index (χ1) is 27.7. The van der Waals surface area contributed by atoms with Crippen LogP contribution < -0.4 is 25.4 Å². The summed E-state index contributed by atoms with van der Waals surface area (Å²) in [6.07, 6.45) is -1.55. The van der Waals surface area contributed by atoms with Crippen molar-refractivity contribution in [2.24, 2.45) is 5.41 Å². The summed E-state index contributed by atoms with van der Waals surface area (Å²) in [5, 5.41) is 16.8. The van der Waals surface area contributed by atoms with Gasteiger partial charge in [0.2, 0.25) is 29.4 Å². The van der Waals surface area contributed by atoms with Crippen molar-refractivity contribution < 1.29 is 65.6 Å². The SMILES string of the molecule is O=C(O)CC(NC(=O)C1(C(=O)NC(CCC(=O)OCc2ccccc2)C(=O)Nc2cccc(Oc3ccccc3)c2)CCC1)C(=O)COc1c(F)c(F)cc(F)c1F. The summed E-state index contributed by atoms with van der Waals surface area (Å²) in [6, 6.07) is 20.5. The zero-order valence-electron chi connectivity index (χ0n) is 30.6. The van der Waals surface area contributed by atoms with E-state index < -0.39 is 95.0 Å². The van der Waals surface area contributed by atoms with Crippen LogP contribution in [0.2, 0.25) is 0 Å². The normalized spacial score (nSPS) is 13.8. The minimum Gasteiger partial charge on any atom is -0.481 e. The molecule has 0 saturated heterocycles. The number of amides is 3. The largest absolute Gasteiger partial charge is 0.481 e. The van der Waals surface area contributed by atoms with Gasteiger partial charge in [0.25, 0.3) is 0 Å². The van der Waals surface area contributed by atoms with E-state index in [1.165, 1.54) is 6.07 Å². The van der Waals surface area contributed by atoms with Crippen molar-refractivity contribution in [3.63, 3.8) is 0 Å². The molecule has 58 heavy (non-hydrogen) atoms. The van der Waals surface area contributed by atoms with Crippen molar-refractivity contribution in [1.29, 1.82) is 0 Å². The number of esters is 1. The second kappa shape index (κ2) is 19.4. The zero-order chi connectivity index (χ0) is 41.8. The number of rotatable bonds is 19. The molecule has 1 aliphatic rings. The number of ether oxygens (including phenoxy) is 3. The van der Waals surface area contributed by atoms with Gasteiger partial charge in [-0.3, -0.25) is 28.8 Å². The van der Waals surface area contributed by atoms with Gasteiger partial charge in [0.15, 0.2) is 23.2 Å². The van der Waals surface area contributed by atoms with E-state index in [1.807, 2.05) is 6.07 Å². The highest BCUT2D eigenvalue weighted by molar-refractivity contribution is 6.09. The third-order valence-corrected chi connectivity index (χ3v) is 9.16. The number of aliphatic carboxylic acids is 1. The quantitative estimate of drug-likeness (QED) is 0.0393. The molecule has 2 atom stereocenters. The maximum absolute atomic E-state index is 14.1. The molecule has 4 aromatic carbocycles. The molecule has 2 unspecified atom stereocenters. The smallest absolute Gasteiger partial charge is 0.306 e. The number of halogens is 4. The number of Topliss-reactive ketones (excluding diaryl/α,β-unsaturated/α-hetero) is 1. The summed E-state index contributed by atoms with van der Waals surface area (Å²) in [6.45, 7) is -1.38. The number of anilines is 1. The molecule has 4 aromatic rings. The third-order valence-electron chi connectivity index (χ3n) is 9.16. The van der Waals surface area contributed by atoms with E-state index in [0.29, 0.717) is 23.5 Å². The molecular weight excluding hydrogens is 770 g/mol. The first kappa shape index (κ1) is 42.4. The lowest BCUT2D eigenvalue weighted by Gasteiger charge is -2.40. The van der Waals surface area contributed by atoms with E-state index in [1.54, 1.807) is 72.8 Å². The summed E-state index contributed by atoms with van der Waals surface area (Å²) in [5.74, 6) is -14.7. The van der Waals surface area contributed by atoms with E-state index >= 15 is 0 Å². The first-order valence-corrected chi connectivity index (χ1v) is 17.9. The van der Waals surface area contributed by atoms with Gasteiger partial charge in [-0.2, -0.15) is 8.78 Å². The molecule has 0 aliphatic heterocycles. The van der Waals surface area contributed by atoms with Gasteiger partial charge < -0.3 is 35.3 Å². The second-order valence-electron chi connectivity index (χ2n) is 13.3. The van der Waals surface area contributed by atoms with Crippen LogP contribution >= 0.6 is 0 Å². The fraction of sp³-hybridized carbons (Fsp3) is 0.268. The predicted octanol–water partition coefficient (Wildman–Crippen LogP) is 5.76. The molecule has 0 spiro atoms. The van der Waals surface area contributed by atoms with Crippen molar-refractivity contribution in [2.45, 2.75) is 57.2 Å². The number of para-hydroxylation sites is 1. The monoisotopic (exact) mass is 807 g/mol. The van der Waals surface area contributed by atoms with Gasteiger partial charge >= 0.3 is 11.9 Å². The minimum atomic E-state index is -1.95. The Balaban J connectivity index is 1.30. The average Bonchev–Trinajstić information content (AvgIpc) is 3.17. The molecule has 5 rings (SSSR count). The Morgan fingerprint density at radius 3 is 1.95 bits per heavy atom. The number of carboxylic acid groups (broad SMARTS) is 1. The van der Waals surface area contributed by atoms with Crippen LogP contribution in [-0.4, -0.2) is 59.2 Å². The maximum Gasteiger partial charge on any atom is 0.306 e. The van der Waals surface area contributed by atoms with Gasteiger partial charge in [-0.1, -0.05) is 61.0 Å². The Kier molecular flexibility index (Phi) is 14.2. The number of carboxylic acids is 1. The highest BCUT2D eigenvalue weighted by Gasteiger charge is 2.52. The van der Waals surface area contributed by atoms with Crippen molar-refractivity contribution in [1.82, 2.24) is 10.6 Å². The molecule has 3 amide bonds. The van der Waals surface area contributed by atoms with Crippen LogP contribution in [-0.2, 0) is 40.1 Å². The molecule has 0 aromatic heterocycles. The minimum absolute atomic E-state index is 0.0509. The molecule has 0 bridgehead atoms. The molecule has 0 heterocycles. The van der Waals surface area contributed by atoms with Gasteiger partial charge in [-0.25, -0.2) is 8.78 Å². The molecule has 13 nitrogen and oxygen atoms in total. The Bertz CT molecular complexity index is 2130. The number of hydrogen-bond acceptors (Lipinski definition) is 9.